The molecule has 0 aliphatic rings. The van der Waals surface area contributed by atoms with Crippen LogP contribution in [0.4, 0.5) is 0 Å². The Bertz CT molecular complexity index is 335. The van der Waals surface area contributed by atoms with Crippen molar-refractivity contribution in [2.75, 3.05) is 13.2 Å². The Morgan fingerprint density at radius 1 is 0.720 bits per heavy atom. The topological polar surface area (TPSA) is 52.6 Å². The molecule has 0 amide bonds. The summed E-state index contributed by atoms with van der Waals surface area (Å²) in [5.41, 5.74) is 0. The third-order valence-corrected chi connectivity index (χ3v) is 4.17. The summed E-state index contributed by atoms with van der Waals surface area (Å²) in [4.78, 5) is 22.0. The van der Waals surface area contributed by atoms with E-state index in [-0.39, 0.29) is 25.4 Å². The van der Waals surface area contributed by atoms with Gasteiger partial charge in [-0.05, 0) is 6.42 Å². The molecule has 0 aliphatic carbocycles. The van der Waals surface area contributed by atoms with Crippen molar-refractivity contribution >= 4 is 35.1 Å². The van der Waals surface area contributed by atoms with Crippen LogP contribution in [0.25, 0.3) is 0 Å². The lowest BCUT2D eigenvalue weighted by Crippen LogP contribution is -2.13. The van der Waals surface area contributed by atoms with Crippen molar-refractivity contribution in [2.24, 2.45) is 0 Å². The minimum atomic E-state index is -0.739. The van der Waals surface area contributed by atoms with Gasteiger partial charge in [0.2, 0.25) is 0 Å². The lowest BCUT2D eigenvalue weighted by molar-refractivity contribution is -0.150. The second kappa shape index (κ2) is 18.3. The average Bonchev–Trinajstić information content (AvgIpc) is 2.59. The van der Waals surface area contributed by atoms with E-state index in [1.165, 1.54) is 57.8 Å². The van der Waals surface area contributed by atoms with Gasteiger partial charge in [0.1, 0.15) is 11.4 Å². The van der Waals surface area contributed by atoms with Crippen molar-refractivity contribution in [3.8, 4) is 0 Å². The lowest BCUT2D eigenvalue weighted by Gasteiger charge is -2.06. The van der Waals surface area contributed by atoms with E-state index in [1.54, 1.807) is 0 Å². The first-order chi connectivity index (χ1) is 12.1. The van der Waals surface area contributed by atoms with Gasteiger partial charge in [-0.2, -0.15) is 0 Å². The number of hydrogen-bond acceptors (Lipinski definition) is 4. The molecule has 0 unspecified atom stereocenters. The molecular weight excluding hydrogens is 363 g/mol. The first-order valence-electron chi connectivity index (χ1n) is 9.65. The highest BCUT2D eigenvalue weighted by atomic mass is 35.5. The molecule has 4 nitrogen and oxygen atoms in total. The van der Waals surface area contributed by atoms with Gasteiger partial charge < -0.3 is 9.47 Å². The summed E-state index contributed by atoms with van der Waals surface area (Å²) in [5, 5.41) is 0. The van der Waals surface area contributed by atoms with Crippen molar-refractivity contribution in [1.82, 2.24) is 0 Å². The summed E-state index contributed by atoms with van der Waals surface area (Å²) < 4.78 is 9.86. The molecule has 0 radical (unpaired) electrons. The molecule has 0 saturated heterocycles. The Kier molecular flexibility index (Phi) is 18.0. The van der Waals surface area contributed by atoms with E-state index in [0.717, 1.165) is 12.8 Å². The first-order valence-corrected chi connectivity index (χ1v) is 10.5. The molecule has 0 rings (SSSR count). The SMILES string of the molecule is CCCCCCCCCCCCCOC(=O)CCC(=O)OCC(Cl)Cl. The van der Waals surface area contributed by atoms with E-state index in [1.807, 2.05) is 0 Å². The van der Waals surface area contributed by atoms with Crippen LogP contribution in [-0.2, 0) is 19.1 Å². The molecule has 0 fully saturated rings. The van der Waals surface area contributed by atoms with E-state index >= 15 is 0 Å². The largest absolute Gasteiger partial charge is 0.466 e. The Hall–Kier alpha value is -0.480. The number of rotatable bonds is 17. The Labute approximate surface area is 162 Å². The molecule has 0 aromatic rings. The lowest BCUT2D eigenvalue weighted by atomic mass is 10.1. The van der Waals surface area contributed by atoms with Gasteiger partial charge in [0, 0.05) is 0 Å². The highest BCUT2D eigenvalue weighted by molar-refractivity contribution is 6.44. The van der Waals surface area contributed by atoms with Crippen LogP contribution >= 0.6 is 23.2 Å². The Balaban J connectivity index is 3.28. The third-order valence-electron chi connectivity index (χ3n) is 3.91. The number of esters is 2. The molecule has 0 N–H and O–H groups in total. The predicted molar refractivity (Wildman–Crippen MR) is 103 cm³/mol. The summed E-state index contributed by atoms with van der Waals surface area (Å²) in [6, 6.07) is 0. The number of ether oxygens (including phenoxy) is 2. The molecule has 25 heavy (non-hydrogen) atoms. The van der Waals surface area contributed by atoms with Crippen LogP contribution in [0.3, 0.4) is 0 Å². The smallest absolute Gasteiger partial charge is 0.306 e. The highest BCUT2D eigenvalue weighted by Crippen LogP contribution is 2.11. The van der Waals surface area contributed by atoms with Gasteiger partial charge in [0.25, 0.3) is 0 Å². The van der Waals surface area contributed by atoms with E-state index in [4.69, 9.17) is 32.7 Å². The fourth-order valence-corrected chi connectivity index (χ4v) is 2.58. The third kappa shape index (κ3) is 19.7. The average molecular weight is 397 g/mol. The van der Waals surface area contributed by atoms with Gasteiger partial charge in [0.05, 0.1) is 19.4 Å². The monoisotopic (exact) mass is 396 g/mol. The molecule has 0 aromatic carbocycles. The summed E-state index contributed by atoms with van der Waals surface area (Å²) in [5.74, 6) is -0.852. The fraction of sp³-hybridized carbons (Fsp3) is 0.895. The van der Waals surface area contributed by atoms with Crippen LogP contribution in [0.1, 0.15) is 90.4 Å². The molecule has 0 bridgehead atoms. The molecule has 0 heterocycles. The maximum Gasteiger partial charge on any atom is 0.306 e. The fourth-order valence-electron chi connectivity index (χ4n) is 2.46. The molecule has 0 aliphatic heterocycles. The Morgan fingerprint density at radius 2 is 1.16 bits per heavy atom. The van der Waals surface area contributed by atoms with Crippen molar-refractivity contribution in [3.63, 3.8) is 0 Å². The molecular formula is C19H34Cl2O4. The van der Waals surface area contributed by atoms with Gasteiger partial charge in [-0.25, -0.2) is 0 Å². The molecule has 0 atom stereocenters. The Morgan fingerprint density at radius 3 is 1.64 bits per heavy atom. The minimum absolute atomic E-state index is 0.00239. The van der Waals surface area contributed by atoms with Crippen LogP contribution in [-0.4, -0.2) is 30.0 Å². The van der Waals surface area contributed by atoms with Gasteiger partial charge in [-0.15, -0.1) is 23.2 Å². The van der Waals surface area contributed by atoms with Crippen LogP contribution in [0, 0.1) is 0 Å². The summed E-state index contributed by atoms with van der Waals surface area (Å²) in [7, 11) is 0. The molecule has 0 spiro atoms. The van der Waals surface area contributed by atoms with Crippen molar-refractivity contribution in [1.29, 1.82) is 0 Å². The molecule has 0 aromatic heterocycles. The van der Waals surface area contributed by atoms with Crippen molar-refractivity contribution in [3.05, 3.63) is 0 Å². The maximum absolute atomic E-state index is 11.5. The zero-order valence-electron chi connectivity index (χ0n) is 15.6. The summed E-state index contributed by atoms with van der Waals surface area (Å²) in [6.45, 7) is 2.61. The number of unbranched alkanes of at least 4 members (excludes halogenated alkanes) is 10. The summed E-state index contributed by atoms with van der Waals surface area (Å²) >= 11 is 10.9. The van der Waals surface area contributed by atoms with Gasteiger partial charge >= 0.3 is 11.9 Å². The number of carbonyl (C=O) groups is 2. The number of carbonyl (C=O) groups excluding carboxylic acids is 2. The van der Waals surface area contributed by atoms with Crippen LogP contribution in [0.15, 0.2) is 0 Å². The van der Waals surface area contributed by atoms with Crippen LogP contribution in [0.2, 0.25) is 0 Å². The second-order valence-electron chi connectivity index (χ2n) is 6.33. The first kappa shape index (κ1) is 24.5. The normalized spacial score (nSPS) is 10.9. The highest BCUT2D eigenvalue weighted by Gasteiger charge is 2.10. The van der Waals surface area contributed by atoms with Crippen molar-refractivity contribution in [2.45, 2.75) is 95.2 Å². The molecule has 0 saturated carbocycles. The van der Waals surface area contributed by atoms with E-state index < -0.39 is 10.8 Å². The maximum atomic E-state index is 11.5. The van der Waals surface area contributed by atoms with E-state index in [2.05, 4.69) is 6.92 Å². The van der Waals surface area contributed by atoms with Gasteiger partial charge in [-0.1, -0.05) is 71.1 Å². The molecule has 6 heteroatoms. The van der Waals surface area contributed by atoms with Gasteiger partial charge in [-0.3, -0.25) is 9.59 Å². The summed E-state index contributed by atoms with van der Waals surface area (Å²) in [6.07, 6.45) is 13.9. The van der Waals surface area contributed by atoms with Gasteiger partial charge in [0.15, 0.2) is 0 Å². The zero-order valence-corrected chi connectivity index (χ0v) is 17.1. The standard InChI is InChI=1S/C19H34Cl2O4/c1-2-3-4-5-6-7-8-9-10-11-12-15-24-18(22)13-14-19(23)25-16-17(20)21/h17H,2-16H2,1H3. The quantitative estimate of drug-likeness (QED) is 0.172. The molecule has 148 valence electrons. The van der Waals surface area contributed by atoms with Crippen LogP contribution in [0.5, 0.6) is 0 Å². The number of hydrogen-bond donors (Lipinski definition) is 0. The predicted octanol–water partition coefficient (Wildman–Crippen LogP) is 5.97. The van der Waals surface area contributed by atoms with E-state index in [0.29, 0.717) is 6.61 Å². The minimum Gasteiger partial charge on any atom is -0.466 e. The van der Waals surface area contributed by atoms with E-state index in [9.17, 15) is 9.59 Å². The zero-order chi connectivity index (χ0) is 18.8. The van der Waals surface area contributed by atoms with Crippen molar-refractivity contribution < 1.29 is 19.1 Å². The van der Waals surface area contributed by atoms with Crippen LogP contribution < -0.4 is 0 Å². The number of halogens is 2. The second-order valence-corrected chi connectivity index (χ2v) is 7.61. The number of alkyl halides is 2.